The van der Waals surface area contributed by atoms with E-state index in [1.165, 1.54) is 28.9 Å². The van der Waals surface area contributed by atoms with Crippen LogP contribution in [0.15, 0.2) is 42.6 Å². The van der Waals surface area contributed by atoms with Crippen LogP contribution in [-0.2, 0) is 9.59 Å². The van der Waals surface area contributed by atoms with E-state index in [1.54, 1.807) is 18.0 Å². The molecule has 2 heterocycles. The summed E-state index contributed by atoms with van der Waals surface area (Å²) in [5.74, 6) is -4.11. The number of nitrogens with one attached hydrogen (secondary N) is 1. The number of hydrogen-bond acceptors (Lipinski definition) is 5. The van der Waals surface area contributed by atoms with Gasteiger partial charge in [-0.25, -0.2) is 17.9 Å². The Hall–Kier alpha value is -3.73. The van der Waals surface area contributed by atoms with Crippen molar-refractivity contribution in [1.29, 1.82) is 0 Å². The van der Waals surface area contributed by atoms with Crippen molar-refractivity contribution >= 4 is 11.8 Å². The second-order valence-electron chi connectivity index (χ2n) is 9.80. The van der Waals surface area contributed by atoms with E-state index in [0.717, 1.165) is 6.07 Å². The fraction of sp³-hybridized carbons (Fsp3) is 0.448. The molecule has 3 atom stereocenters. The average Bonchev–Trinajstić information content (AvgIpc) is 3.60. The zero-order valence-electron chi connectivity index (χ0n) is 23.4. The summed E-state index contributed by atoms with van der Waals surface area (Å²) in [7, 11) is 0. The molecule has 0 bridgehead atoms. The van der Waals surface area contributed by atoms with Crippen LogP contribution in [0.4, 0.5) is 13.2 Å². The molecule has 1 aliphatic rings. The number of carbonyl (C=O) groups is 2. The predicted molar refractivity (Wildman–Crippen MR) is 144 cm³/mol. The van der Waals surface area contributed by atoms with Crippen LogP contribution in [0.2, 0.25) is 0 Å². The number of aliphatic hydroxyl groups is 1. The van der Waals surface area contributed by atoms with Crippen LogP contribution in [0, 0.1) is 30.3 Å². The zero-order chi connectivity index (χ0) is 29.6. The van der Waals surface area contributed by atoms with Gasteiger partial charge in [0.2, 0.25) is 11.8 Å². The third-order valence-corrected chi connectivity index (χ3v) is 6.78. The molecule has 3 unspecified atom stereocenters. The smallest absolute Gasteiger partial charge is 0.248 e. The number of hydrogen-bond donors (Lipinski definition) is 2. The van der Waals surface area contributed by atoms with E-state index in [4.69, 9.17) is 0 Å². The zero-order valence-corrected chi connectivity index (χ0v) is 23.4. The highest BCUT2D eigenvalue weighted by molar-refractivity contribution is 5.90. The summed E-state index contributed by atoms with van der Waals surface area (Å²) in [5.41, 5.74) is 0.778. The largest absolute Gasteiger partial charge is 0.394 e. The Morgan fingerprint density at radius 1 is 1.07 bits per heavy atom. The monoisotopic (exact) mass is 559 g/mol. The molecule has 2 amide bonds. The fourth-order valence-corrected chi connectivity index (χ4v) is 4.85. The Bertz CT molecular complexity index is 1310. The van der Waals surface area contributed by atoms with Crippen LogP contribution >= 0.6 is 0 Å². The first kappa shape index (κ1) is 30.8. The second-order valence-corrected chi connectivity index (χ2v) is 9.80. The van der Waals surface area contributed by atoms with Crippen LogP contribution in [0.5, 0.6) is 0 Å². The molecule has 8 nitrogen and oxygen atoms in total. The first-order valence-electron chi connectivity index (χ1n) is 13.5. The maximum absolute atomic E-state index is 14.2. The van der Waals surface area contributed by atoms with Crippen LogP contribution in [-0.4, -0.2) is 56.0 Å². The molecular weight excluding hydrogens is 523 g/mol. The van der Waals surface area contributed by atoms with Crippen molar-refractivity contribution < 1.29 is 27.9 Å². The molecule has 40 heavy (non-hydrogen) atoms. The lowest BCUT2D eigenvalue weighted by atomic mass is 9.99. The molecule has 0 spiro atoms. The molecule has 1 saturated heterocycles. The van der Waals surface area contributed by atoms with Crippen molar-refractivity contribution in [2.24, 2.45) is 5.92 Å². The van der Waals surface area contributed by atoms with Crippen LogP contribution in [0.1, 0.15) is 63.9 Å². The van der Waals surface area contributed by atoms with Gasteiger partial charge in [-0.15, -0.1) is 5.10 Å². The van der Waals surface area contributed by atoms with Gasteiger partial charge >= 0.3 is 0 Å². The van der Waals surface area contributed by atoms with Crippen molar-refractivity contribution in [2.75, 3.05) is 13.2 Å². The van der Waals surface area contributed by atoms with E-state index in [-0.39, 0.29) is 17.4 Å². The maximum Gasteiger partial charge on any atom is 0.248 e. The number of likely N-dealkylation sites (tertiary alicyclic amines) is 1. The lowest BCUT2D eigenvalue weighted by molar-refractivity contribution is -0.142. The Labute approximate surface area is 232 Å². The molecule has 1 aromatic heterocycles. The quantitative estimate of drug-likeness (QED) is 0.389. The number of halogens is 3. The van der Waals surface area contributed by atoms with Gasteiger partial charge in [0.15, 0.2) is 11.6 Å². The first-order valence-corrected chi connectivity index (χ1v) is 13.5. The highest BCUT2D eigenvalue weighted by atomic mass is 19.2. The highest BCUT2D eigenvalue weighted by Gasteiger charge is 2.39. The number of nitrogens with zero attached hydrogens (tertiary/aromatic N) is 4. The molecular formula is C29H36F3N5O3. The lowest BCUT2D eigenvalue weighted by Crippen LogP contribution is -2.50. The van der Waals surface area contributed by atoms with Gasteiger partial charge in [0, 0.05) is 12.7 Å². The Balaban J connectivity index is 0.00000216. The summed E-state index contributed by atoms with van der Waals surface area (Å²) in [6.45, 7) is 9.55. The lowest BCUT2D eigenvalue weighted by Gasteiger charge is -2.30. The number of aryl methyl sites for hydroxylation is 1. The Kier molecular flexibility index (Phi) is 10.4. The first-order chi connectivity index (χ1) is 19.1. The van der Waals surface area contributed by atoms with Crippen LogP contribution in [0.25, 0.3) is 11.1 Å². The molecule has 11 heteroatoms. The summed E-state index contributed by atoms with van der Waals surface area (Å²) in [6.07, 6.45) is 2.81. The Morgan fingerprint density at radius 3 is 2.30 bits per heavy atom. The van der Waals surface area contributed by atoms with Crippen molar-refractivity contribution in [3.63, 3.8) is 0 Å². The maximum atomic E-state index is 14.2. The summed E-state index contributed by atoms with van der Waals surface area (Å²) < 4.78 is 43.5. The SMILES string of the molecule is CC.Cc1cn(C(C(=O)N2CCCC2C(=O)NC(CO)c2ccc(-c3c(F)ccc(F)c3F)cc2)C(C)C)nn1. The molecule has 1 aliphatic heterocycles. The Morgan fingerprint density at radius 2 is 1.73 bits per heavy atom. The number of benzene rings is 2. The van der Waals surface area contributed by atoms with E-state index in [0.29, 0.717) is 36.7 Å². The molecule has 0 aliphatic carbocycles. The minimum absolute atomic E-state index is 0.0932. The van der Waals surface area contributed by atoms with Gasteiger partial charge in [0.25, 0.3) is 0 Å². The molecule has 216 valence electrons. The van der Waals surface area contributed by atoms with Gasteiger partial charge in [-0.2, -0.15) is 0 Å². The third kappa shape index (κ3) is 6.52. The number of amides is 2. The van der Waals surface area contributed by atoms with Gasteiger partial charge < -0.3 is 15.3 Å². The standard InChI is InChI=1S/C27H30F3N5O3.C2H6/c1-15(2)25(35-13-16(3)32-33-35)27(38)34-12-4-5-22(34)26(37)31-21(14-36)17-6-8-18(9-7-17)23-19(28)10-11-20(29)24(23)30;1-2/h6-11,13,15,21-22,25,36H,4-5,12,14H2,1-3H3,(H,31,37);1-2H3. The van der Waals surface area contributed by atoms with E-state index >= 15 is 0 Å². The highest BCUT2D eigenvalue weighted by Crippen LogP contribution is 2.30. The van der Waals surface area contributed by atoms with Gasteiger partial charge in [-0.3, -0.25) is 9.59 Å². The summed E-state index contributed by atoms with van der Waals surface area (Å²) in [6, 6.07) is 5.18. The van der Waals surface area contributed by atoms with Crippen molar-refractivity contribution in [3.05, 3.63) is 71.3 Å². The van der Waals surface area contributed by atoms with Crippen LogP contribution < -0.4 is 5.32 Å². The van der Waals surface area contributed by atoms with E-state index < -0.39 is 53.7 Å². The number of aromatic nitrogens is 3. The predicted octanol–water partition coefficient (Wildman–Crippen LogP) is 4.73. The molecule has 1 fully saturated rings. The molecule has 0 radical (unpaired) electrons. The van der Waals surface area contributed by atoms with Crippen molar-refractivity contribution in [3.8, 4) is 11.1 Å². The summed E-state index contributed by atoms with van der Waals surface area (Å²) >= 11 is 0. The van der Waals surface area contributed by atoms with E-state index in [2.05, 4.69) is 15.6 Å². The van der Waals surface area contributed by atoms with Gasteiger partial charge in [-0.1, -0.05) is 57.2 Å². The molecule has 0 saturated carbocycles. The van der Waals surface area contributed by atoms with E-state index in [9.17, 15) is 27.9 Å². The topological polar surface area (TPSA) is 100 Å². The van der Waals surface area contributed by atoms with E-state index in [1.807, 2.05) is 27.7 Å². The number of aliphatic hydroxyl groups excluding tert-OH is 1. The summed E-state index contributed by atoms with van der Waals surface area (Å²) in [4.78, 5) is 28.3. The molecule has 4 rings (SSSR count). The van der Waals surface area contributed by atoms with Gasteiger partial charge in [0.1, 0.15) is 17.9 Å². The van der Waals surface area contributed by atoms with Crippen LogP contribution in [0.3, 0.4) is 0 Å². The number of rotatable bonds is 8. The fourth-order valence-electron chi connectivity index (χ4n) is 4.85. The molecule has 2 N–H and O–H groups in total. The third-order valence-electron chi connectivity index (χ3n) is 6.78. The van der Waals surface area contributed by atoms with Crippen molar-refractivity contribution in [1.82, 2.24) is 25.2 Å². The minimum Gasteiger partial charge on any atom is -0.394 e. The second kappa shape index (κ2) is 13.6. The number of carbonyl (C=O) groups excluding carboxylic acids is 2. The molecule has 2 aromatic carbocycles. The van der Waals surface area contributed by atoms with Gasteiger partial charge in [-0.05, 0) is 48.9 Å². The minimum atomic E-state index is -1.29. The average molecular weight is 560 g/mol. The van der Waals surface area contributed by atoms with Crippen molar-refractivity contribution in [2.45, 2.75) is 65.6 Å². The van der Waals surface area contributed by atoms with Gasteiger partial charge in [0.05, 0.1) is 23.9 Å². The normalized spacial score (nSPS) is 16.4. The molecule has 3 aromatic rings. The summed E-state index contributed by atoms with van der Waals surface area (Å²) in [5, 5.41) is 20.8.